The summed E-state index contributed by atoms with van der Waals surface area (Å²) in [5.74, 6) is 1.63. The second kappa shape index (κ2) is 6.30. The summed E-state index contributed by atoms with van der Waals surface area (Å²) in [5.41, 5.74) is 1.29. The summed E-state index contributed by atoms with van der Waals surface area (Å²) in [6.07, 6.45) is 1.76. The summed E-state index contributed by atoms with van der Waals surface area (Å²) in [4.78, 5) is 12.4. The Morgan fingerprint density at radius 1 is 1.10 bits per heavy atom. The molecular formula is C15H18N2O4. The van der Waals surface area contributed by atoms with E-state index in [0.717, 1.165) is 5.56 Å². The second-order valence-corrected chi connectivity index (χ2v) is 4.47. The number of methoxy groups -OCH3 is 3. The number of ketones is 1. The lowest BCUT2D eigenvalue weighted by atomic mass is 10.1. The molecule has 0 saturated heterocycles. The van der Waals surface area contributed by atoms with Gasteiger partial charge in [-0.25, -0.2) is 0 Å². The normalized spacial score (nSPS) is 10.3. The molecular weight excluding hydrogens is 272 g/mol. The monoisotopic (exact) mass is 290 g/mol. The molecule has 1 aromatic carbocycles. The van der Waals surface area contributed by atoms with E-state index in [4.69, 9.17) is 14.2 Å². The number of benzene rings is 1. The number of carbonyl (C=O) groups excluding carboxylic acids is 1. The maximum absolute atomic E-state index is 12.4. The molecule has 6 nitrogen and oxygen atoms in total. The number of aromatic nitrogens is 2. The molecule has 6 heteroatoms. The highest BCUT2D eigenvalue weighted by Crippen LogP contribution is 2.28. The molecule has 0 atom stereocenters. The molecule has 0 aliphatic rings. The Morgan fingerprint density at radius 3 is 2.38 bits per heavy atom. The molecule has 0 aliphatic carbocycles. The van der Waals surface area contributed by atoms with Gasteiger partial charge in [0.25, 0.3) is 0 Å². The molecule has 21 heavy (non-hydrogen) atoms. The van der Waals surface area contributed by atoms with E-state index >= 15 is 0 Å². The summed E-state index contributed by atoms with van der Waals surface area (Å²) < 4.78 is 17.1. The topological polar surface area (TPSA) is 62.6 Å². The van der Waals surface area contributed by atoms with E-state index in [1.54, 1.807) is 33.4 Å². The minimum atomic E-state index is -0.0703. The first-order valence-corrected chi connectivity index (χ1v) is 6.40. The number of hydrogen-bond acceptors (Lipinski definition) is 5. The van der Waals surface area contributed by atoms with Gasteiger partial charge in [-0.05, 0) is 17.7 Å². The van der Waals surface area contributed by atoms with Crippen molar-refractivity contribution in [3.05, 3.63) is 35.7 Å². The molecule has 0 saturated carbocycles. The molecule has 0 spiro atoms. The third kappa shape index (κ3) is 2.99. The van der Waals surface area contributed by atoms with Gasteiger partial charge in [0.15, 0.2) is 23.0 Å². The van der Waals surface area contributed by atoms with Gasteiger partial charge in [-0.1, -0.05) is 6.07 Å². The van der Waals surface area contributed by atoms with Crippen molar-refractivity contribution >= 4 is 5.78 Å². The Morgan fingerprint density at radius 2 is 1.76 bits per heavy atom. The van der Waals surface area contributed by atoms with Crippen molar-refractivity contribution in [1.29, 1.82) is 0 Å². The molecule has 0 aliphatic heterocycles. The zero-order valence-electron chi connectivity index (χ0n) is 12.5. The molecule has 2 aromatic rings. The predicted octanol–water partition coefficient (Wildman–Crippen LogP) is 1.87. The fourth-order valence-corrected chi connectivity index (χ4v) is 2.14. The van der Waals surface area contributed by atoms with Gasteiger partial charge in [0.2, 0.25) is 0 Å². The molecule has 0 amide bonds. The maximum Gasteiger partial charge on any atom is 0.189 e. The summed E-state index contributed by atoms with van der Waals surface area (Å²) >= 11 is 0. The Kier molecular flexibility index (Phi) is 4.47. The number of nitrogens with zero attached hydrogens (tertiary/aromatic N) is 2. The van der Waals surface area contributed by atoms with Gasteiger partial charge >= 0.3 is 0 Å². The van der Waals surface area contributed by atoms with Crippen LogP contribution in [0.1, 0.15) is 16.1 Å². The number of carbonyl (C=O) groups is 1. The van der Waals surface area contributed by atoms with Gasteiger partial charge in [-0.3, -0.25) is 9.48 Å². The number of Topliss-reactive ketones (excluding diaryl/α,β-unsaturated/α-hetero) is 1. The number of rotatable bonds is 6. The summed E-state index contributed by atoms with van der Waals surface area (Å²) in [6, 6.07) is 5.41. The fraction of sp³-hybridized carbons (Fsp3) is 0.333. The SMILES string of the molecule is COc1ccc(CC(=O)c2c(OC)cnn2C)cc1OC. The lowest BCUT2D eigenvalue weighted by Crippen LogP contribution is -2.11. The van der Waals surface area contributed by atoms with Crippen LogP contribution in [0.3, 0.4) is 0 Å². The van der Waals surface area contributed by atoms with Crippen LogP contribution < -0.4 is 14.2 Å². The first kappa shape index (κ1) is 14.9. The van der Waals surface area contributed by atoms with Crippen LogP contribution in [0.25, 0.3) is 0 Å². The van der Waals surface area contributed by atoms with Gasteiger partial charge in [0, 0.05) is 13.5 Å². The standard InChI is InChI=1S/C15H18N2O4/c1-17-15(14(21-4)9-16-17)11(18)7-10-5-6-12(19-2)13(8-10)20-3/h5-6,8-9H,7H2,1-4H3. The third-order valence-electron chi connectivity index (χ3n) is 3.20. The van der Waals surface area contributed by atoms with Crippen molar-refractivity contribution in [2.75, 3.05) is 21.3 Å². The Balaban J connectivity index is 2.25. The second-order valence-electron chi connectivity index (χ2n) is 4.47. The van der Waals surface area contributed by atoms with Gasteiger partial charge < -0.3 is 14.2 Å². The molecule has 0 N–H and O–H groups in total. The molecule has 0 unspecified atom stereocenters. The van der Waals surface area contributed by atoms with E-state index in [9.17, 15) is 4.79 Å². The molecule has 1 aromatic heterocycles. The van der Waals surface area contributed by atoms with Crippen molar-refractivity contribution in [3.63, 3.8) is 0 Å². The van der Waals surface area contributed by atoms with E-state index in [1.807, 2.05) is 6.07 Å². The average Bonchev–Trinajstić information content (AvgIpc) is 2.88. The van der Waals surface area contributed by atoms with Crippen molar-refractivity contribution in [3.8, 4) is 17.2 Å². The minimum Gasteiger partial charge on any atom is -0.493 e. The Hall–Kier alpha value is -2.50. The number of ether oxygens (including phenoxy) is 3. The smallest absolute Gasteiger partial charge is 0.189 e. The summed E-state index contributed by atoms with van der Waals surface area (Å²) in [6.45, 7) is 0. The first-order chi connectivity index (χ1) is 10.1. The Labute approximate surface area is 123 Å². The van der Waals surface area contributed by atoms with E-state index in [2.05, 4.69) is 5.10 Å². The highest BCUT2D eigenvalue weighted by atomic mass is 16.5. The van der Waals surface area contributed by atoms with Crippen LogP contribution in [-0.4, -0.2) is 36.9 Å². The van der Waals surface area contributed by atoms with Crippen LogP contribution in [0.15, 0.2) is 24.4 Å². The van der Waals surface area contributed by atoms with E-state index in [1.165, 1.54) is 18.0 Å². The van der Waals surface area contributed by atoms with Gasteiger partial charge in [-0.2, -0.15) is 5.10 Å². The van der Waals surface area contributed by atoms with E-state index in [0.29, 0.717) is 22.9 Å². The van der Waals surface area contributed by atoms with Crippen molar-refractivity contribution < 1.29 is 19.0 Å². The Bertz CT molecular complexity index is 649. The lowest BCUT2D eigenvalue weighted by molar-refractivity contribution is 0.0981. The maximum atomic E-state index is 12.4. The van der Waals surface area contributed by atoms with Crippen LogP contribution >= 0.6 is 0 Å². The minimum absolute atomic E-state index is 0.0703. The van der Waals surface area contributed by atoms with E-state index < -0.39 is 0 Å². The molecule has 112 valence electrons. The summed E-state index contributed by atoms with van der Waals surface area (Å²) in [5, 5.41) is 4.04. The molecule has 0 bridgehead atoms. The molecule has 1 heterocycles. The van der Waals surface area contributed by atoms with Crippen LogP contribution in [-0.2, 0) is 13.5 Å². The van der Waals surface area contributed by atoms with Crippen molar-refractivity contribution in [1.82, 2.24) is 9.78 Å². The number of aryl methyl sites for hydroxylation is 1. The molecule has 0 fully saturated rings. The molecule has 2 rings (SSSR count). The van der Waals surface area contributed by atoms with Crippen LogP contribution in [0.5, 0.6) is 17.2 Å². The predicted molar refractivity (Wildman–Crippen MR) is 77.3 cm³/mol. The van der Waals surface area contributed by atoms with Gasteiger partial charge in [0.1, 0.15) is 5.69 Å². The van der Waals surface area contributed by atoms with Crippen LogP contribution in [0.2, 0.25) is 0 Å². The fourth-order valence-electron chi connectivity index (χ4n) is 2.14. The zero-order valence-corrected chi connectivity index (χ0v) is 12.5. The van der Waals surface area contributed by atoms with Crippen molar-refractivity contribution in [2.24, 2.45) is 7.05 Å². The van der Waals surface area contributed by atoms with Gasteiger partial charge in [0.05, 0.1) is 27.5 Å². The average molecular weight is 290 g/mol. The van der Waals surface area contributed by atoms with Crippen LogP contribution in [0, 0.1) is 0 Å². The van der Waals surface area contributed by atoms with Crippen molar-refractivity contribution in [2.45, 2.75) is 6.42 Å². The first-order valence-electron chi connectivity index (χ1n) is 6.40. The quantitative estimate of drug-likeness (QED) is 0.760. The highest BCUT2D eigenvalue weighted by Gasteiger charge is 2.18. The third-order valence-corrected chi connectivity index (χ3v) is 3.20. The zero-order chi connectivity index (χ0) is 15.4. The van der Waals surface area contributed by atoms with Gasteiger partial charge in [-0.15, -0.1) is 0 Å². The lowest BCUT2D eigenvalue weighted by Gasteiger charge is -2.09. The largest absolute Gasteiger partial charge is 0.493 e. The van der Waals surface area contributed by atoms with E-state index in [-0.39, 0.29) is 12.2 Å². The number of hydrogen-bond donors (Lipinski definition) is 0. The highest BCUT2D eigenvalue weighted by molar-refractivity contribution is 5.98. The van der Waals surface area contributed by atoms with Crippen LogP contribution in [0.4, 0.5) is 0 Å². The summed E-state index contributed by atoms with van der Waals surface area (Å²) in [7, 11) is 6.37. The molecule has 0 radical (unpaired) electrons.